The fraction of sp³-hybridized carbons (Fsp3) is 1.00. The number of nitrogens with one attached hydrogen (secondary N) is 1. The molecule has 1 aliphatic heterocycles. The summed E-state index contributed by atoms with van der Waals surface area (Å²) in [5, 5.41) is 3.97. The van der Waals surface area contributed by atoms with Crippen LogP contribution in [-0.2, 0) is 0 Å². The molecule has 0 spiro atoms. The highest BCUT2D eigenvalue weighted by molar-refractivity contribution is 4.84. The van der Waals surface area contributed by atoms with Crippen LogP contribution in [0.25, 0.3) is 0 Å². The van der Waals surface area contributed by atoms with Gasteiger partial charge >= 0.3 is 0 Å². The van der Waals surface area contributed by atoms with Crippen LogP contribution in [0, 0.1) is 11.8 Å². The van der Waals surface area contributed by atoms with Gasteiger partial charge < -0.3 is 10.2 Å². The Hall–Kier alpha value is -0.0800. The Balaban J connectivity index is 1.75. The van der Waals surface area contributed by atoms with Gasteiger partial charge in [0.05, 0.1) is 0 Å². The lowest BCUT2D eigenvalue weighted by Gasteiger charge is -2.35. The van der Waals surface area contributed by atoms with Gasteiger partial charge in [0.2, 0.25) is 0 Å². The second kappa shape index (κ2) is 6.91. The fourth-order valence-corrected chi connectivity index (χ4v) is 3.67. The Bertz CT molecular complexity index is 241. The van der Waals surface area contributed by atoms with Crippen LogP contribution in [0.1, 0.15) is 59.3 Å². The highest BCUT2D eigenvalue weighted by Crippen LogP contribution is 2.30. The van der Waals surface area contributed by atoms with Crippen molar-refractivity contribution in [3.05, 3.63) is 0 Å². The molecule has 2 heteroatoms. The van der Waals surface area contributed by atoms with E-state index in [2.05, 4.69) is 31.0 Å². The Morgan fingerprint density at radius 3 is 2.50 bits per heavy atom. The molecule has 2 aliphatic rings. The first-order valence-corrected chi connectivity index (χ1v) is 8.17. The molecule has 1 aliphatic carbocycles. The number of nitrogens with zero attached hydrogens (tertiary/aromatic N) is 1. The maximum atomic E-state index is 3.97. The molecular weight excluding hydrogens is 220 g/mol. The second-order valence-corrected chi connectivity index (χ2v) is 6.69. The van der Waals surface area contributed by atoms with Crippen molar-refractivity contribution < 1.29 is 0 Å². The lowest BCUT2D eigenvalue weighted by molar-refractivity contribution is 0.210. The Morgan fingerprint density at radius 2 is 1.78 bits per heavy atom. The van der Waals surface area contributed by atoms with E-state index in [1.165, 1.54) is 58.2 Å². The third-order valence-electron chi connectivity index (χ3n) is 5.34. The van der Waals surface area contributed by atoms with Gasteiger partial charge in [0.25, 0.3) is 0 Å². The number of hydrogen-bond acceptors (Lipinski definition) is 2. The summed E-state index contributed by atoms with van der Waals surface area (Å²) in [6.07, 6.45) is 8.34. The summed E-state index contributed by atoms with van der Waals surface area (Å²) in [4.78, 5) is 2.60. The monoisotopic (exact) mass is 252 g/mol. The molecule has 0 radical (unpaired) electrons. The van der Waals surface area contributed by atoms with Gasteiger partial charge in [0, 0.05) is 12.1 Å². The molecule has 4 atom stereocenters. The zero-order valence-corrected chi connectivity index (χ0v) is 12.6. The minimum absolute atomic E-state index is 0.784. The first-order valence-electron chi connectivity index (χ1n) is 8.17. The van der Waals surface area contributed by atoms with E-state index in [0.29, 0.717) is 0 Å². The molecule has 1 saturated carbocycles. The number of likely N-dealkylation sites (tertiary alicyclic amines) is 1. The van der Waals surface area contributed by atoms with Gasteiger partial charge in [-0.15, -0.1) is 0 Å². The molecular formula is C16H32N2. The molecule has 2 fully saturated rings. The third-order valence-corrected chi connectivity index (χ3v) is 5.34. The Labute approximate surface area is 114 Å². The predicted molar refractivity (Wildman–Crippen MR) is 78.9 cm³/mol. The van der Waals surface area contributed by atoms with E-state index < -0.39 is 0 Å². The van der Waals surface area contributed by atoms with Crippen LogP contribution >= 0.6 is 0 Å². The third kappa shape index (κ3) is 3.96. The van der Waals surface area contributed by atoms with E-state index in [1.807, 2.05) is 0 Å². The molecule has 18 heavy (non-hydrogen) atoms. The lowest BCUT2D eigenvalue weighted by atomic mass is 9.79. The van der Waals surface area contributed by atoms with Gasteiger partial charge in [-0.3, -0.25) is 0 Å². The summed E-state index contributed by atoms with van der Waals surface area (Å²) in [6, 6.07) is 1.58. The van der Waals surface area contributed by atoms with E-state index in [-0.39, 0.29) is 0 Å². The molecule has 1 N–H and O–H groups in total. The van der Waals surface area contributed by atoms with Crippen molar-refractivity contribution in [2.24, 2.45) is 11.8 Å². The van der Waals surface area contributed by atoms with Crippen molar-refractivity contribution in [1.29, 1.82) is 0 Å². The maximum absolute atomic E-state index is 3.97. The van der Waals surface area contributed by atoms with Crippen LogP contribution in [0.3, 0.4) is 0 Å². The summed E-state index contributed by atoms with van der Waals surface area (Å²) in [6.45, 7) is 11.0. The molecule has 1 heterocycles. The standard InChI is InChI=1S/C16H32N2/c1-4-18-10-5-6-15(9-11-18)17-16-8-7-13(2)14(3)12-16/h13-17H,4-12H2,1-3H3. The number of rotatable bonds is 3. The second-order valence-electron chi connectivity index (χ2n) is 6.69. The van der Waals surface area contributed by atoms with E-state index in [1.54, 1.807) is 0 Å². The van der Waals surface area contributed by atoms with Crippen molar-refractivity contribution in [3.8, 4) is 0 Å². The normalized spacial score (nSPS) is 39.5. The maximum Gasteiger partial charge on any atom is 0.00823 e. The molecule has 0 aromatic rings. The van der Waals surface area contributed by atoms with Gasteiger partial charge in [-0.1, -0.05) is 20.8 Å². The molecule has 2 rings (SSSR count). The summed E-state index contributed by atoms with van der Waals surface area (Å²) >= 11 is 0. The molecule has 0 amide bonds. The van der Waals surface area contributed by atoms with Gasteiger partial charge in [-0.05, 0) is 70.0 Å². The predicted octanol–water partition coefficient (Wildman–Crippen LogP) is 3.28. The molecule has 1 saturated heterocycles. The molecule has 0 bridgehead atoms. The van der Waals surface area contributed by atoms with E-state index in [0.717, 1.165) is 23.9 Å². The number of hydrogen-bond donors (Lipinski definition) is 1. The van der Waals surface area contributed by atoms with Crippen molar-refractivity contribution in [2.75, 3.05) is 19.6 Å². The summed E-state index contributed by atoms with van der Waals surface area (Å²) in [5.74, 6) is 1.85. The van der Waals surface area contributed by atoms with Crippen LogP contribution in [0.2, 0.25) is 0 Å². The van der Waals surface area contributed by atoms with Gasteiger partial charge in [-0.25, -0.2) is 0 Å². The van der Waals surface area contributed by atoms with Crippen LogP contribution in [-0.4, -0.2) is 36.6 Å². The van der Waals surface area contributed by atoms with Gasteiger partial charge in [-0.2, -0.15) is 0 Å². The van der Waals surface area contributed by atoms with Gasteiger partial charge in [0.1, 0.15) is 0 Å². The van der Waals surface area contributed by atoms with Crippen molar-refractivity contribution in [3.63, 3.8) is 0 Å². The Morgan fingerprint density at radius 1 is 0.944 bits per heavy atom. The summed E-state index contributed by atoms with van der Waals surface area (Å²) < 4.78 is 0. The van der Waals surface area contributed by atoms with E-state index in [4.69, 9.17) is 0 Å². The van der Waals surface area contributed by atoms with Crippen molar-refractivity contribution in [1.82, 2.24) is 10.2 Å². The summed E-state index contributed by atoms with van der Waals surface area (Å²) in [5.41, 5.74) is 0. The largest absolute Gasteiger partial charge is 0.311 e. The molecule has 106 valence electrons. The zero-order valence-electron chi connectivity index (χ0n) is 12.6. The first-order chi connectivity index (χ1) is 8.69. The Kier molecular flexibility index (Phi) is 5.50. The topological polar surface area (TPSA) is 15.3 Å². The highest BCUT2D eigenvalue weighted by atomic mass is 15.1. The van der Waals surface area contributed by atoms with Crippen LogP contribution in [0.15, 0.2) is 0 Å². The molecule has 2 nitrogen and oxygen atoms in total. The zero-order chi connectivity index (χ0) is 13.0. The van der Waals surface area contributed by atoms with Crippen LogP contribution in [0.4, 0.5) is 0 Å². The SMILES string of the molecule is CCN1CCCC(NC2CCC(C)C(C)C2)CC1. The molecule has 4 unspecified atom stereocenters. The van der Waals surface area contributed by atoms with Crippen LogP contribution in [0.5, 0.6) is 0 Å². The lowest BCUT2D eigenvalue weighted by Crippen LogP contribution is -2.42. The summed E-state index contributed by atoms with van der Waals surface area (Å²) in [7, 11) is 0. The quantitative estimate of drug-likeness (QED) is 0.829. The average Bonchev–Trinajstić information content (AvgIpc) is 2.59. The average molecular weight is 252 g/mol. The first kappa shape index (κ1) is 14.3. The smallest absolute Gasteiger partial charge is 0.00823 e. The van der Waals surface area contributed by atoms with Crippen molar-refractivity contribution in [2.45, 2.75) is 71.4 Å². The minimum Gasteiger partial charge on any atom is -0.311 e. The van der Waals surface area contributed by atoms with Crippen molar-refractivity contribution >= 4 is 0 Å². The highest BCUT2D eigenvalue weighted by Gasteiger charge is 2.26. The fourth-order valence-electron chi connectivity index (χ4n) is 3.67. The van der Waals surface area contributed by atoms with Gasteiger partial charge in [0.15, 0.2) is 0 Å². The molecule has 0 aromatic carbocycles. The molecule has 0 aromatic heterocycles. The van der Waals surface area contributed by atoms with E-state index in [9.17, 15) is 0 Å². The van der Waals surface area contributed by atoms with E-state index >= 15 is 0 Å². The van der Waals surface area contributed by atoms with Crippen LogP contribution < -0.4 is 5.32 Å². The minimum atomic E-state index is 0.784.